The number of nitrogens with zero attached hydrogens (tertiary/aromatic N) is 3. The molecule has 11 aromatic rings. The fourth-order valence-corrected chi connectivity index (χ4v) is 10.1. The number of rotatable bonds is 3. The molecule has 0 fully saturated rings. The molecule has 7 aromatic carbocycles. The van der Waals surface area contributed by atoms with Gasteiger partial charge in [0.1, 0.15) is 0 Å². The van der Waals surface area contributed by atoms with Gasteiger partial charge < -0.3 is 4.57 Å². The first-order valence-corrected chi connectivity index (χ1v) is 18.1. The van der Waals surface area contributed by atoms with Gasteiger partial charge in [-0.15, -0.1) is 22.7 Å². The first kappa shape index (κ1) is 27.1. The molecule has 49 heavy (non-hydrogen) atoms. The Bertz CT molecular complexity index is 3060. The zero-order chi connectivity index (χ0) is 32.1. The number of hydrogen-bond acceptors (Lipinski definition) is 4. The summed E-state index contributed by atoms with van der Waals surface area (Å²) in [5.41, 5.74) is 7.80. The van der Waals surface area contributed by atoms with Crippen molar-refractivity contribution >= 4 is 95.7 Å². The highest BCUT2D eigenvalue weighted by Crippen LogP contribution is 2.46. The third kappa shape index (κ3) is 3.88. The fraction of sp³-hybridized carbons (Fsp3) is 0. The summed E-state index contributed by atoms with van der Waals surface area (Å²) in [7, 11) is 0. The lowest BCUT2D eigenvalue weighted by atomic mass is 9.98. The van der Waals surface area contributed by atoms with Crippen LogP contribution in [0.5, 0.6) is 0 Å². The van der Waals surface area contributed by atoms with E-state index in [0.717, 1.165) is 38.2 Å². The number of thiophene rings is 2. The van der Waals surface area contributed by atoms with Gasteiger partial charge in [-0.05, 0) is 41.1 Å². The highest BCUT2D eigenvalue weighted by Gasteiger charge is 2.21. The maximum Gasteiger partial charge on any atom is 0.161 e. The SMILES string of the molecule is c1ccc(-c2nc(-c3cc4sc5c(-n6c7ccccc7c7ccccc76)cccc5c4c4ccccc34)nc3c2sc2ccccc23)cc1. The van der Waals surface area contributed by atoms with E-state index >= 15 is 0 Å². The molecule has 5 heteroatoms. The minimum Gasteiger partial charge on any atom is -0.308 e. The van der Waals surface area contributed by atoms with Crippen LogP contribution in [0.3, 0.4) is 0 Å². The van der Waals surface area contributed by atoms with Crippen molar-refractivity contribution in [2.75, 3.05) is 0 Å². The van der Waals surface area contributed by atoms with E-state index in [1.807, 2.05) is 11.3 Å². The molecule has 0 aliphatic carbocycles. The normalized spacial score (nSPS) is 12.1. The van der Waals surface area contributed by atoms with Crippen molar-refractivity contribution in [3.05, 3.63) is 152 Å². The molecule has 3 nitrogen and oxygen atoms in total. The highest BCUT2D eigenvalue weighted by molar-refractivity contribution is 7.26. The maximum atomic E-state index is 5.37. The lowest BCUT2D eigenvalue weighted by Gasteiger charge is -2.11. The average molecular weight is 660 g/mol. The van der Waals surface area contributed by atoms with E-state index in [0.29, 0.717) is 0 Å². The van der Waals surface area contributed by atoms with E-state index in [2.05, 4.69) is 156 Å². The predicted octanol–water partition coefficient (Wildman–Crippen LogP) is 12.8. The van der Waals surface area contributed by atoms with Crippen LogP contribution in [0.2, 0.25) is 0 Å². The van der Waals surface area contributed by atoms with Gasteiger partial charge in [-0.2, -0.15) is 0 Å². The number of hydrogen-bond donors (Lipinski definition) is 0. The van der Waals surface area contributed by atoms with Gasteiger partial charge in [0.25, 0.3) is 0 Å². The zero-order valence-electron chi connectivity index (χ0n) is 26.1. The van der Waals surface area contributed by atoms with Crippen LogP contribution in [0, 0.1) is 0 Å². The van der Waals surface area contributed by atoms with E-state index in [-0.39, 0.29) is 0 Å². The van der Waals surface area contributed by atoms with Crippen molar-refractivity contribution in [2.45, 2.75) is 0 Å². The van der Waals surface area contributed by atoms with Gasteiger partial charge in [0.05, 0.1) is 37.3 Å². The van der Waals surface area contributed by atoms with E-state index in [1.54, 1.807) is 11.3 Å². The Hall–Kier alpha value is -5.88. The molecule has 0 aliphatic rings. The van der Waals surface area contributed by atoms with Gasteiger partial charge in [-0.25, -0.2) is 9.97 Å². The third-order valence-electron chi connectivity index (χ3n) is 9.81. The Labute approximate surface area is 289 Å². The molecular formula is C44H25N3S2. The van der Waals surface area contributed by atoms with Crippen molar-refractivity contribution in [1.29, 1.82) is 0 Å². The van der Waals surface area contributed by atoms with Crippen LogP contribution in [0.1, 0.15) is 0 Å². The largest absolute Gasteiger partial charge is 0.308 e. The molecule has 0 radical (unpaired) electrons. The predicted molar refractivity (Wildman–Crippen MR) is 211 cm³/mol. The van der Waals surface area contributed by atoms with Gasteiger partial charge in [0.2, 0.25) is 0 Å². The van der Waals surface area contributed by atoms with Gasteiger partial charge >= 0.3 is 0 Å². The first-order chi connectivity index (χ1) is 24.3. The summed E-state index contributed by atoms with van der Waals surface area (Å²) in [5, 5.41) is 8.65. The number of benzene rings is 7. The summed E-state index contributed by atoms with van der Waals surface area (Å²) in [6, 6.07) is 54.5. The van der Waals surface area contributed by atoms with Crippen LogP contribution in [0.15, 0.2) is 152 Å². The van der Waals surface area contributed by atoms with E-state index in [9.17, 15) is 0 Å². The maximum absolute atomic E-state index is 5.37. The van der Waals surface area contributed by atoms with Gasteiger partial charge in [0.15, 0.2) is 5.82 Å². The van der Waals surface area contributed by atoms with E-state index in [4.69, 9.17) is 9.97 Å². The molecule has 0 atom stereocenters. The van der Waals surface area contributed by atoms with Crippen LogP contribution in [0.25, 0.3) is 101 Å². The number of fused-ring (bicyclic) bond motifs is 11. The number of aromatic nitrogens is 3. The quantitative estimate of drug-likeness (QED) is 0.189. The summed E-state index contributed by atoms with van der Waals surface area (Å²) < 4.78 is 7.30. The molecule has 0 saturated carbocycles. The standard InChI is InChI=1S/C44H25N3S2/c1-2-13-26(14-3-1)40-43-41(31-19-8-11-24-37(31)48-43)46-44(45-40)33-25-38-39(30-18-5-4-15-27(30)33)32-20-12-23-36(42(32)49-38)47-34-21-9-6-16-28(34)29-17-7-10-22-35(29)47/h1-25H. The van der Waals surface area contributed by atoms with Crippen LogP contribution in [-0.2, 0) is 0 Å². The van der Waals surface area contributed by atoms with E-state index in [1.165, 1.54) is 63.1 Å². The summed E-state index contributed by atoms with van der Waals surface area (Å²) in [6.45, 7) is 0. The van der Waals surface area contributed by atoms with Gasteiger partial charge in [0, 0.05) is 47.5 Å². The molecule has 0 saturated heterocycles. The fourth-order valence-electron chi connectivity index (χ4n) is 7.69. The monoisotopic (exact) mass is 659 g/mol. The Kier molecular flexibility index (Phi) is 5.70. The van der Waals surface area contributed by atoms with Gasteiger partial charge in [-0.1, -0.05) is 121 Å². The summed E-state index contributed by atoms with van der Waals surface area (Å²) in [6.07, 6.45) is 0. The highest BCUT2D eigenvalue weighted by atomic mass is 32.1. The minimum absolute atomic E-state index is 0.757. The Morgan fingerprint density at radius 3 is 1.84 bits per heavy atom. The molecule has 0 aliphatic heterocycles. The Morgan fingerprint density at radius 2 is 1.06 bits per heavy atom. The average Bonchev–Trinajstić information content (AvgIpc) is 3.84. The molecular weight excluding hydrogens is 635 g/mol. The van der Waals surface area contributed by atoms with Crippen molar-refractivity contribution in [2.24, 2.45) is 0 Å². The molecule has 0 amide bonds. The molecule has 228 valence electrons. The topological polar surface area (TPSA) is 30.7 Å². The molecule has 11 rings (SSSR count). The van der Waals surface area contributed by atoms with E-state index < -0.39 is 0 Å². The lowest BCUT2D eigenvalue weighted by Crippen LogP contribution is -1.94. The second kappa shape index (κ2) is 10.3. The van der Waals surface area contributed by atoms with Crippen molar-refractivity contribution in [3.63, 3.8) is 0 Å². The minimum atomic E-state index is 0.757. The molecule has 0 spiro atoms. The molecule has 4 aromatic heterocycles. The second-order valence-electron chi connectivity index (χ2n) is 12.5. The Balaban J connectivity index is 1.23. The van der Waals surface area contributed by atoms with Crippen molar-refractivity contribution in [3.8, 4) is 28.3 Å². The molecule has 0 unspecified atom stereocenters. The summed E-state index contributed by atoms with van der Waals surface area (Å²) >= 11 is 3.63. The van der Waals surface area contributed by atoms with Crippen LogP contribution in [0.4, 0.5) is 0 Å². The van der Waals surface area contributed by atoms with Crippen molar-refractivity contribution < 1.29 is 0 Å². The first-order valence-electron chi connectivity index (χ1n) is 16.4. The molecule has 0 N–H and O–H groups in total. The van der Waals surface area contributed by atoms with Crippen LogP contribution in [-0.4, -0.2) is 14.5 Å². The smallest absolute Gasteiger partial charge is 0.161 e. The Morgan fingerprint density at radius 1 is 0.449 bits per heavy atom. The zero-order valence-corrected chi connectivity index (χ0v) is 27.7. The second-order valence-corrected chi connectivity index (χ2v) is 14.6. The molecule has 0 bridgehead atoms. The van der Waals surface area contributed by atoms with Crippen molar-refractivity contribution in [1.82, 2.24) is 14.5 Å². The van der Waals surface area contributed by atoms with Crippen LogP contribution < -0.4 is 0 Å². The summed E-state index contributed by atoms with van der Waals surface area (Å²) in [4.78, 5) is 10.7. The van der Waals surface area contributed by atoms with Crippen LogP contribution >= 0.6 is 22.7 Å². The third-order valence-corrected chi connectivity index (χ3v) is 12.2. The molecule has 4 heterocycles. The summed E-state index contributed by atoms with van der Waals surface area (Å²) in [5.74, 6) is 0.757. The number of para-hydroxylation sites is 2. The van der Waals surface area contributed by atoms with Gasteiger partial charge in [-0.3, -0.25) is 0 Å². The lowest BCUT2D eigenvalue weighted by molar-refractivity contribution is 1.20.